The lowest BCUT2D eigenvalue weighted by Gasteiger charge is -2.34. The van der Waals surface area contributed by atoms with Crippen molar-refractivity contribution < 1.29 is 14.3 Å². The van der Waals surface area contributed by atoms with Crippen LogP contribution in [-0.4, -0.2) is 43.5 Å². The minimum absolute atomic E-state index is 0.0645. The predicted molar refractivity (Wildman–Crippen MR) is 97.8 cm³/mol. The van der Waals surface area contributed by atoms with Gasteiger partial charge in [-0.2, -0.15) is 0 Å². The fourth-order valence-electron chi connectivity index (χ4n) is 3.70. The van der Waals surface area contributed by atoms with Crippen LogP contribution in [0.25, 0.3) is 0 Å². The fourth-order valence-corrected chi connectivity index (χ4v) is 4.85. The Morgan fingerprint density at radius 3 is 2.46 bits per heavy atom. The van der Waals surface area contributed by atoms with Gasteiger partial charge in [-0.25, -0.2) is 4.79 Å². The highest BCUT2D eigenvalue weighted by molar-refractivity contribution is 7.16. The van der Waals surface area contributed by atoms with Crippen LogP contribution in [0.15, 0.2) is 0 Å². The molecule has 1 amide bonds. The molecule has 2 heterocycles. The summed E-state index contributed by atoms with van der Waals surface area (Å²) in [7, 11) is 1.37. The average Bonchev–Trinajstić information content (AvgIpc) is 2.80. The summed E-state index contributed by atoms with van der Waals surface area (Å²) in [5.41, 5.74) is 1.47. The number of amides is 1. The average molecular weight is 353 g/mol. The summed E-state index contributed by atoms with van der Waals surface area (Å²) in [6.45, 7) is 10.7. The van der Waals surface area contributed by atoms with Crippen LogP contribution in [0.4, 0.5) is 5.00 Å². The maximum absolute atomic E-state index is 12.5. The lowest BCUT2D eigenvalue weighted by atomic mass is 9.92. The van der Waals surface area contributed by atoms with E-state index in [0.717, 1.165) is 30.0 Å². The Hall–Kier alpha value is -1.40. The van der Waals surface area contributed by atoms with E-state index in [1.165, 1.54) is 24.9 Å². The Balaban J connectivity index is 2.10. The van der Waals surface area contributed by atoms with Crippen molar-refractivity contribution in [3.05, 3.63) is 16.0 Å². The monoisotopic (exact) mass is 352 g/mol. The molecule has 0 aliphatic carbocycles. The number of carbonyl (C=O) groups excluding carboxylic acids is 2. The van der Waals surface area contributed by atoms with Crippen molar-refractivity contribution in [2.45, 2.75) is 40.5 Å². The highest BCUT2D eigenvalue weighted by Crippen LogP contribution is 2.34. The Morgan fingerprint density at radius 1 is 1.29 bits per heavy atom. The van der Waals surface area contributed by atoms with Gasteiger partial charge in [0.1, 0.15) is 5.00 Å². The number of thiophene rings is 1. The number of aryl methyl sites for hydroxylation is 1. The van der Waals surface area contributed by atoms with Crippen molar-refractivity contribution >= 4 is 28.2 Å². The smallest absolute Gasteiger partial charge is 0.341 e. The Bertz CT molecular complexity index is 602. The third-order valence-electron chi connectivity index (χ3n) is 4.52. The summed E-state index contributed by atoms with van der Waals surface area (Å²) in [6.07, 6.45) is 1.96. The first kappa shape index (κ1) is 18.9. The van der Waals surface area contributed by atoms with Gasteiger partial charge < -0.3 is 10.1 Å². The van der Waals surface area contributed by atoms with Gasteiger partial charge in [-0.15, -0.1) is 11.3 Å². The van der Waals surface area contributed by atoms with E-state index in [-0.39, 0.29) is 11.9 Å². The van der Waals surface area contributed by atoms with E-state index in [1.807, 2.05) is 13.8 Å². The number of esters is 1. The van der Waals surface area contributed by atoms with Crippen LogP contribution in [0.3, 0.4) is 0 Å². The van der Waals surface area contributed by atoms with Crippen LogP contribution in [0, 0.1) is 18.8 Å². The lowest BCUT2D eigenvalue weighted by Crippen LogP contribution is -2.42. The number of hydrogen-bond acceptors (Lipinski definition) is 5. The number of ether oxygens (including phenoxy) is 1. The van der Waals surface area contributed by atoms with Gasteiger partial charge in [0.25, 0.3) is 0 Å². The number of hydrogen-bond donors (Lipinski definition) is 1. The number of carbonyl (C=O) groups is 2. The van der Waals surface area contributed by atoms with Crippen LogP contribution in [0.2, 0.25) is 0 Å². The van der Waals surface area contributed by atoms with Crippen molar-refractivity contribution in [2.75, 3.05) is 32.1 Å². The third-order valence-corrected chi connectivity index (χ3v) is 5.58. The third kappa shape index (κ3) is 4.36. The molecule has 24 heavy (non-hydrogen) atoms. The van der Waals surface area contributed by atoms with Gasteiger partial charge in [-0.1, -0.05) is 20.8 Å². The molecule has 1 aromatic heterocycles. The van der Waals surface area contributed by atoms with Gasteiger partial charge in [0.2, 0.25) is 5.91 Å². The summed E-state index contributed by atoms with van der Waals surface area (Å²) < 4.78 is 4.90. The molecule has 1 aromatic rings. The van der Waals surface area contributed by atoms with Crippen LogP contribution in [0.1, 0.15) is 48.0 Å². The number of nitrogens with one attached hydrogen (secondary N) is 1. The van der Waals surface area contributed by atoms with Crippen LogP contribution in [0.5, 0.6) is 0 Å². The molecule has 0 bridgehead atoms. The number of anilines is 1. The number of nitrogens with zero attached hydrogens (tertiary/aromatic N) is 1. The molecule has 0 radical (unpaired) electrons. The van der Waals surface area contributed by atoms with Crippen molar-refractivity contribution in [1.82, 2.24) is 4.90 Å². The minimum atomic E-state index is -0.383. The summed E-state index contributed by atoms with van der Waals surface area (Å²) in [6, 6.07) is 0. The Morgan fingerprint density at radius 2 is 1.92 bits per heavy atom. The first-order valence-electron chi connectivity index (χ1n) is 8.58. The second-order valence-corrected chi connectivity index (χ2v) is 8.10. The largest absolute Gasteiger partial charge is 0.465 e. The highest BCUT2D eigenvalue weighted by atomic mass is 32.1. The number of rotatable bonds is 5. The number of likely N-dealkylation sites (tertiary alicyclic amines) is 1. The van der Waals surface area contributed by atoms with Gasteiger partial charge in [0.15, 0.2) is 0 Å². The van der Waals surface area contributed by atoms with E-state index in [0.29, 0.717) is 28.9 Å². The van der Waals surface area contributed by atoms with E-state index in [9.17, 15) is 9.59 Å². The second-order valence-electron chi connectivity index (χ2n) is 6.87. The normalized spacial score (nSPS) is 21.5. The zero-order valence-corrected chi connectivity index (χ0v) is 16.1. The maximum atomic E-state index is 12.5. The molecule has 2 atom stereocenters. The van der Waals surface area contributed by atoms with Crippen LogP contribution >= 0.6 is 11.3 Å². The highest BCUT2D eigenvalue weighted by Gasteiger charge is 2.26. The van der Waals surface area contributed by atoms with E-state index in [4.69, 9.17) is 4.74 Å². The van der Waals surface area contributed by atoms with Gasteiger partial charge in [0, 0.05) is 18.0 Å². The number of piperidine rings is 1. The fraction of sp³-hybridized carbons (Fsp3) is 0.667. The molecule has 6 heteroatoms. The molecule has 1 saturated heterocycles. The molecule has 0 spiro atoms. The molecule has 1 N–H and O–H groups in total. The van der Waals surface area contributed by atoms with Crippen molar-refractivity contribution in [3.63, 3.8) is 0 Å². The quantitative estimate of drug-likeness (QED) is 0.826. The SMILES string of the molecule is CCc1c(C)sc(NC(=O)CN2CC(C)CC(C)C2)c1C(=O)OC. The zero-order chi connectivity index (χ0) is 17.9. The zero-order valence-electron chi connectivity index (χ0n) is 15.3. The van der Waals surface area contributed by atoms with E-state index in [2.05, 4.69) is 24.1 Å². The van der Waals surface area contributed by atoms with E-state index < -0.39 is 0 Å². The molecular formula is C18H28N2O3S. The van der Waals surface area contributed by atoms with Gasteiger partial charge in [-0.3, -0.25) is 9.69 Å². The number of methoxy groups -OCH3 is 1. The van der Waals surface area contributed by atoms with Gasteiger partial charge in [-0.05, 0) is 37.2 Å². The summed E-state index contributed by atoms with van der Waals surface area (Å²) >= 11 is 1.45. The molecule has 2 rings (SSSR count). The summed E-state index contributed by atoms with van der Waals surface area (Å²) in [4.78, 5) is 27.8. The summed E-state index contributed by atoms with van der Waals surface area (Å²) in [5.74, 6) is 0.780. The molecule has 134 valence electrons. The first-order valence-corrected chi connectivity index (χ1v) is 9.40. The molecule has 2 unspecified atom stereocenters. The van der Waals surface area contributed by atoms with Crippen molar-refractivity contribution in [1.29, 1.82) is 0 Å². The van der Waals surface area contributed by atoms with Crippen LogP contribution < -0.4 is 5.32 Å². The van der Waals surface area contributed by atoms with Crippen molar-refractivity contribution in [2.24, 2.45) is 11.8 Å². The maximum Gasteiger partial charge on any atom is 0.341 e. The molecule has 0 aromatic carbocycles. The second kappa shape index (κ2) is 8.12. The minimum Gasteiger partial charge on any atom is -0.465 e. The van der Waals surface area contributed by atoms with E-state index >= 15 is 0 Å². The van der Waals surface area contributed by atoms with Crippen LogP contribution in [-0.2, 0) is 16.0 Å². The summed E-state index contributed by atoms with van der Waals surface area (Å²) in [5, 5.41) is 3.55. The molecule has 1 fully saturated rings. The predicted octanol–water partition coefficient (Wildman–Crippen LogP) is 3.32. The molecule has 1 aliphatic heterocycles. The standard InChI is InChI=1S/C18H28N2O3S/c1-6-14-13(4)24-17(16(14)18(22)23-5)19-15(21)10-20-8-11(2)7-12(3)9-20/h11-12H,6-10H2,1-5H3,(H,19,21). The Labute approximate surface area is 148 Å². The van der Waals surface area contributed by atoms with Gasteiger partial charge >= 0.3 is 5.97 Å². The Kier molecular flexibility index (Phi) is 6.40. The van der Waals surface area contributed by atoms with Crippen molar-refractivity contribution in [3.8, 4) is 0 Å². The van der Waals surface area contributed by atoms with E-state index in [1.54, 1.807) is 0 Å². The molecule has 1 aliphatic rings. The lowest BCUT2D eigenvalue weighted by molar-refractivity contribution is -0.117. The topological polar surface area (TPSA) is 58.6 Å². The molecular weight excluding hydrogens is 324 g/mol. The first-order chi connectivity index (χ1) is 11.3. The molecule has 0 saturated carbocycles. The van der Waals surface area contributed by atoms with Gasteiger partial charge in [0.05, 0.1) is 19.2 Å². The molecule has 5 nitrogen and oxygen atoms in total.